The van der Waals surface area contributed by atoms with Gasteiger partial charge in [0.25, 0.3) is 5.91 Å². The summed E-state index contributed by atoms with van der Waals surface area (Å²) in [5, 5.41) is 8.71. The third-order valence-corrected chi connectivity index (χ3v) is 4.91. The Morgan fingerprint density at radius 2 is 2.19 bits per heavy atom. The molecule has 0 unspecified atom stereocenters. The molecule has 3 rings (SSSR count). The van der Waals surface area contributed by atoms with Gasteiger partial charge in [-0.15, -0.1) is 11.3 Å². The van der Waals surface area contributed by atoms with Gasteiger partial charge in [-0.3, -0.25) is 14.9 Å². The van der Waals surface area contributed by atoms with E-state index in [1.807, 2.05) is 0 Å². The summed E-state index contributed by atoms with van der Waals surface area (Å²) in [7, 11) is 1.57. The lowest BCUT2D eigenvalue weighted by Gasteiger charge is -2.18. The van der Waals surface area contributed by atoms with E-state index in [-0.39, 0.29) is 11.8 Å². The van der Waals surface area contributed by atoms with Gasteiger partial charge in [-0.2, -0.15) is 5.10 Å². The van der Waals surface area contributed by atoms with Crippen molar-refractivity contribution in [3.8, 4) is 0 Å². The second kappa shape index (κ2) is 5.55. The Labute approximate surface area is 127 Å². The molecule has 0 saturated carbocycles. The third-order valence-electron chi connectivity index (χ3n) is 3.88. The number of thiazole rings is 1. The van der Waals surface area contributed by atoms with Crippen LogP contribution in [0.25, 0.3) is 0 Å². The minimum absolute atomic E-state index is 0.0646. The highest BCUT2D eigenvalue weighted by atomic mass is 32.1. The molecule has 7 heteroatoms. The topological polar surface area (TPSA) is 74.7 Å². The summed E-state index contributed by atoms with van der Waals surface area (Å²) in [4.78, 5) is 29.3. The molecule has 0 spiro atoms. The van der Waals surface area contributed by atoms with Crippen LogP contribution < -0.4 is 5.32 Å². The zero-order valence-electron chi connectivity index (χ0n) is 12.2. The first-order chi connectivity index (χ1) is 10.0. The van der Waals surface area contributed by atoms with E-state index in [2.05, 4.69) is 22.3 Å². The molecule has 0 radical (unpaired) electrons. The van der Waals surface area contributed by atoms with Crippen molar-refractivity contribution in [3.05, 3.63) is 10.6 Å². The molecule has 2 heterocycles. The van der Waals surface area contributed by atoms with E-state index in [9.17, 15) is 9.59 Å². The van der Waals surface area contributed by atoms with E-state index in [0.29, 0.717) is 29.6 Å². The molecule has 2 amide bonds. The molecule has 0 bridgehead atoms. The highest BCUT2D eigenvalue weighted by Crippen LogP contribution is 2.32. The van der Waals surface area contributed by atoms with Crippen molar-refractivity contribution < 1.29 is 9.59 Å². The van der Waals surface area contributed by atoms with Crippen LogP contribution in [0.4, 0.5) is 5.13 Å². The van der Waals surface area contributed by atoms with Crippen molar-refractivity contribution in [1.29, 1.82) is 0 Å². The van der Waals surface area contributed by atoms with E-state index < -0.39 is 0 Å². The zero-order chi connectivity index (χ0) is 15.0. The minimum atomic E-state index is -0.256. The van der Waals surface area contributed by atoms with Crippen molar-refractivity contribution in [2.24, 2.45) is 11.0 Å². The van der Waals surface area contributed by atoms with Crippen molar-refractivity contribution in [3.63, 3.8) is 0 Å². The molecular weight excluding hydrogens is 288 g/mol. The van der Waals surface area contributed by atoms with Crippen molar-refractivity contribution >= 4 is 34.0 Å². The van der Waals surface area contributed by atoms with E-state index in [0.717, 1.165) is 25.0 Å². The second-order valence-corrected chi connectivity index (χ2v) is 6.74. The lowest BCUT2D eigenvalue weighted by molar-refractivity contribution is -0.130. The molecule has 1 aliphatic heterocycles. The number of aryl methyl sites for hydroxylation is 1. The number of carbonyl (C=O) groups is 2. The van der Waals surface area contributed by atoms with Crippen molar-refractivity contribution in [2.45, 2.75) is 39.0 Å². The maximum atomic E-state index is 12.2. The zero-order valence-corrected chi connectivity index (χ0v) is 13.0. The lowest BCUT2D eigenvalue weighted by atomic mass is 9.93. The predicted molar refractivity (Wildman–Crippen MR) is 81.4 cm³/mol. The molecule has 0 aromatic carbocycles. The quantitative estimate of drug-likeness (QED) is 0.905. The summed E-state index contributed by atoms with van der Waals surface area (Å²) in [6.45, 7) is 2.24. The standard InChI is InChI=1S/C14H18N4O2S/c1-8-3-4-9-11(7-8)21-14(15-9)16-13(20)10-5-6-12(19)18(2)17-10/h8H,3-7H2,1-2H3,(H,15,16,20)/t8-/m1/s1. The van der Waals surface area contributed by atoms with Crippen LogP contribution in [0.5, 0.6) is 0 Å². The van der Waals surface area contributed by atoms with Crippen LogP contribution in [0.15, 0.2) is 5.10 Å². The van der Waals surface area contributed by atoms with Gasteiger partial charge in [-0.25, -0.2) is 9.99 Å². The van der Waals surface area contributed by atoms with Crippen molar-refractivity contribution in [2.75, 3.05) is 12.4 Å². The SMILES string of the molecule is C[C@@H]1CCc2nc(NC(=O)C3=NN(C)C(=O)CC3)sc2C1. The monoisotopic (exact) mass is 306 g/mol. The normalized spacial score (nSPS) is 21.8. The Hall–Kier alpha value is -1.76. The van der Waals surface area contributed by atoms with Crippen LogP contribution in [0.1, 0.15) is 36.8 Å². The minimum Gasteiger partial charge on any atom is -0.297 e. The van der Waals surface area contributed by atoms with Gasteiger partial charge < -0.3 is 0 Å². The van der Waals surface area contributed by atoms with Crippen LogP contribution in [0.3, 0.4) is 0 Å². The average Bonchev–Trinajstić information content (AvgIpc) is 2.83. The molecule has 1 N–H and O–H groups in total. The summed E-state index contributed by atoms with van der Waals surface area (Å²) >= 11 is 1.55. The summed E-state index contributed by atoms with van der Waals surface area (Å²) in [6.07, 6.45) is 3.90. The highest BCUT2D eigenvalue weighted by Gasteiger charge is 2.24. The number of hydrogen-bond acceptors (Lipinski definition) is 5. The molecule has 1 aromatic heterocycles. The highest BCUT2D eigenvalue weighted by molar-refractivity contribution is 7.16. The number of aromatic nitrogens is 1. The third kappa shape index (κ3) is 2.97. The maximum absolute atomic E-state index is 12.2. The molecule has 21 heavy (non-hydrogen) atoms. The number of nitrogens with one attached hydrogen (secondary N) is 1. The Morgan fingerprint density at radius 3 is 2.95 bits per heavy atom. The first-order valence-corrected chi connectivity index (χ1v) is 7.98. The molecule has 2 aliphatic rings. The van der Waals surface area contributed by atoms with Crippen LogP contribution in [-0.4, -0.2) is 34.6 Å². The maximum Gasteiger partial charge on any atom is 0.273 e. The number of anilines is 1. The molecular formula is C14H18N4O2S. The fraction of sp³-hybridized carbons (Fsp3) is 0.571. The lowest BCUT2D eigenvalue weighted by Crippen LogP contribution is -2.34. The molecule has 0 fully saturated rings. The van der Waals surface area contributed by atoms with E-state index >= 15 is 0 Å². The summed E-state index contributed by atoms with van der Waals surface area (Å²) < 4.78 is 0. The van der Waals surface area contributed by atoms with Crippen LogP contribution in [0, 0.1) is 5.92 Å². The predicted octanol–water partition coefficient (Wildman–Crippen LogP) is 1.81. The number of fused-ring (bicyclic) bond motifs is 1. The van der Waals surface area contributed by atoms with Gasteiger partial charge >= 0.3 is 0 Å². The largest absolute Gasteiger partial charge is 0.297 e. The van der Waals surface area contributed by atoms with Crippen molar-refractivity contribution in [1.82, 2.24) is 9.99 Å². The van der Waals surface area contributed by atoms with Crippen LogP contribution in [-0.2, 0) is 22.4 Å². The average molecular weight is 306 g/mol. The van der Waals surface area contributed by atoms with Gasteiger partial charge in [0.05, 0.1) is 5.69 Å². The smallest absolute Gasteiger partial charge is 0.273 e. The van der Waals surface area contributed by atoms with Crippen LogP contribution in [0.2, 0.25) is 0 Å². The molecule has 6 nitrogen and oxygen atoms in total. The van der Waals surface area contributed by atoms with Gasteiger partial charge in [0.1, 0.15) is 5.71 Å². The Morgan fingerprint density at radius 1 is 1.38 bits per heavy atom. The van der Waals surface area contributed by atoms with Gasteiger partial charge in [0.2, 0.25) is 5.91 Å². The number of hydrazone groups is 1. The van der Waals surface area contributed by atoms with E-state index in [1.54, 1.807) is 18.4 Å². The number of hydrogen-bond donors (Lipinski definition) is 1. The fourth-order valence-corrected chi connectivity index (χ4v) is 3.76. The Kier molecular flexibility index (Phi) is 3.75. The second-order valence-electron chi connectivity index (χ2n) is 5.66. The number of nitrogens with zero attached hydrogens (tertiary/aromatic N) is 3. The van der Waals surface area contributed by atoms with Gasteiger partial charge in [0, 0.05) is 24.8 Å². The summed E-state index contributed by atoms with van der Waals surface area (Å²) in [6, 6.07) is 0. The summed E-state index contributed by atoms with van der Waals surface area (Å²) in [5.41, 5.74) is 1.50. The fourth-order valence-electron chi connectivity index (χ4n) is 2.60. The summed E-state index contributed by atoms with van der Waals surface area (Å²) in [5.74, 6) is 0.364. The first kappa shape index (κ1) is 14.2. The number of carbonyl (C=O) groups excluding carboxylic acids is 2. The number of rotatable bonds is 2. The first-order valence-electron chi connectivity index (χ1n) is 7.17. The Bertz CT molecular complexity index is 622. The molecule has 0 saturated heterocycles. The van der Waals surface area contributed by atoms with Gasteiger partial charge in [-0.1, -0.05) is 6.92 Å². The molecule has 112 valence electrons. The van der Waals surface area contributed by atoms with Gasteiger partial charge in [-0.05, 0) is 25.2 Å². The van der Waals surface area contributed by atoms with Crippen LogP contribution >= 0.6 is 11.3 Å². The molecule has 1 atom stereocenters. The molecule has 1 aliphatic carbocycles. The van der Waals surface area contributed by atoms with E-state index in [1.165, 1.54) is 9.89 Å². The Balaban J connectivity index is 1.71. The molecule has 1 aromatic rings. The van der Waals surface area contributed by atoms with E-state index in [4.69, 9.17) is 0 Å². The van der Waals surface area contributed by atoms with Gasteiger partial charge in [0.15, 0.2) is 5.13 Å². The number of amides is 2.